The largest absolute Gasteiger partial charge is 0.468 e. The molecule has 7 nitrogen and oxygen atoms in total. The molecule has 3 aromatic rings. The zero-order valence-corrected chi connectivity index (χ0v) is 19.9. The van der Waals surface area contributed by atoms with Gasteiger partial charge >= 0.3 is 5.97 Å². The van der Waals surface area contributed by atoms with Crippen molar-refractivity contribution in [3.8, 4) is 11.1 Å². The summed E-state index contributed by atoms with van der Waals surface area (Å²) in [6.45, 7) is 3.04. The number of rotatable bonds is 6. The van der Waals surface area contributed by atoms with Gasteiger partial charge in [0.05, 0.1) is 23.6 Å². The van der Waals surface area contributed by atoms with Crippen molar-refractivity contribution in [3.05, 3.63) is 58.1 Å². The molecule has 1 saturated heterocycles. The number of aryl methyl sites for hydroxylation is 1. The van der Waals surface area contributed by atoms with Crippen LogP contribution in [-0.4, -0.2) is 57.7 Å². The lowest BCUT2D eigenvalue weighted by Crippen LogP contribution is -2.39. The summed E-state index contributed by atoms with van der Waals surface area (Å²) >= 11 is 2.65. The lowest BCUT2D eigenvalue weighted by Gasteiger charge is -2.33. The predicted octanol–water partition coefficient (Wildman–Crippen LogP) is 4.33. The van der Waals surface area contributed by atoms with Crippen LogP contribution in [0.1, 0.15) is 39.9 Å². The summed E-state index contributed by atoms with van der Waals surface area (Å²) in [5.74, 6) is -0.686. The van der Waals surface area contributed by atoms with Crippen molar-refractivity contribution in [2.24, 2.45) is 0 Å². The second-order valence-corrected chi connectivity index (χ2v) is 9.67. The zero-order chi connectivity index (χ0) is 23.4. The molecule has 3 heterocycles. The molecule has 1 atom stereocenters. The molecule has 1 aliphatic heterocycles. The number of esters is 1. The lowest BCUT2D eigenvalue weighted by atomic mass is 9.90. The van der Waals surface area contributed by atoms with Crippen LogP contribution in [0.3, 0.4) is 0 Å². The normalized spacial score (nSPS) is 16.0. The summed E-state index contributed by atoms with van der Waals surface area (Å²) < 4.78 is 18.2. The van der Waals surface area contributed by atoms with Crippen LogP contribution in [0.5, 0.6) is 0 Å². The number of thiazole rings is 1. The molecule has 1 aliphatic rings. The van der Waals surface area contributed by atoms with Crippen LogP contribution in [0.4, 0.5) is 4.39 Å². The Hall–Kier alpha value is -2.85. The number of benzene rings is 1. The molecule has 2 aromatic heterocycles. The number of hydrogen-bond donors (Lipinski definition) is 0. The molecule has 10 heteroatoms. The molecule has 0 bridgehead atoms. The summed E-state index contributed by atoms with van der Waals surface area (Å²) in [5.41, 5.74) is 2.85. The average molecular weight is 487 g/mol. The van der Waals surface area contributed by atoms with Gasteiger partial charge in [0, 0.05) is 36.1 Å². The standard InChI is InChI=1S/C23H23FN4O3S2/c1-14-26-19(12-32-14)22(30)28-9-3-4-16(11-28)21-18(15-5-7-17(24)8-6-15)10-25-23(27-21)33-13-20(29)31-2/h5-8,10,12,16H,3-4,9,11,13H2,1-2H3. The molecule has 4 rings (SSSR count). The van der Waals surface area contributed by atoms with Crippen LogP contribution in [0.25, 0.3) is 11.1 Å². The summed E-state index contributed by atoms with van der Waals surface area (Å²) in [5, 5.41) is 3.10. The van der Waals surface area contributed by atoms with E-state index in [9.17, 15) is 14.0 Å². The summed E-state index contributed by atoms with van der Waals surface area (Å²) in [4.78, 5) is 39.9. The molecule has 33 heavy (non-hydrogen) atoms. The van der Waals surface area contributed by atoms with Crippen molar-refractivity contribution in [2.75, 3.05) is 26.0 Å². The number of hydrogen-bond acceptors (Lipinski definition) is 8. The van der Waals surface area contributed by atoms with Crippen molar-refractivity contribution in [1.82, 2.24) is 19.9 Å². The molecule has 0 saturated carbocycles. The van der Waals surface area contributed by atoms with Gasteiger partial charge in [-0.3, -0.25) is 9.59 Å². The van der Waals surface area contributed by atoms with Gasteiger partial charge < -0.3 is 9.64 Å². The highest BCUT2D eigenvalue weighted by Crippen LogP contribution is 2.34. The van der Waals surface area contributed by atoms with Gasteiger partial charge in [-0.1, -0.05) is 23.9 Å². The van der Waals surface area contributed by atoms with Crippen LogP contribution in [0.15, 0.2) is 41.0 Å². The maximum absolute atomic E-state index is 13.5. The fourth-order valence-electron chi connectivity index (χ4n) is 3.80. The molecule has 0 aliphatic carbocycles. The van der Waals surface area contributed by atoms with E-state index >= 15 is 0 Å². The van der Waals surface area contributed by atoms with Gasteiger partial charge in [-0.15, -0.1) is 11.3 Å². The number of likely N-dealkylation sites (tertiary alicyclic amines) is 1. The zero-order valence-electron chi connectivity index (χ0n) is 18.3. The van der Waals surface area contributed by atoms with Crippen LogP contribution < -0.4 is 0 Å². The number of carbonyl (C=O) groups is 2. The molecule has 1 aromatic carbocycles. The molecule has 1 unspecified atom stereocenters. The van der Waals surface area contributed by atoms with E-state index in [2.05, 4.69) is 9.97 Å². The predicted molar refractivity (Wildman–Crippen MR) is 125 cm³/mol. The minimum absolute atomic E-state index is 0.0250. The number of ether oxygens (including phenoxy) is 1. The third kappa shape index (κ3) is 5.56. The van der Waals surface area contributed by atoms with Gasteiger partial charge in [0.25, 0.3) is 5.91 Å². The fraction of sp³-hybridized carbons (Fsp3) is 0.348. The van der Waals surface area contributed by atoms with Crippen LogP contribution in [0, 0.1) is 12.7 Å². The second kappa shape index (κ2) is 10.4. The number of nitrogens with zero attached hydrogens (tertiary/aromatic N) is 4. The molecular formula is C23H23FN4O3S2. The van der Waals surface area contributed by atoms with Gasteiger partial charge in [0.1, 0.15) is 11.5 Å². The highest BCUT2D eigenvalue weighted by Gasteiger charge is 2.29. The van der Waals surface area contributed by atoms with Crippen molar-refractivity contribution < 1.29 is 18.7 Å². The van der Waals surface area contributed by atoms with Crippen molar-refractivity contribution in [3.63, 3.8) is 0 Å². The van der Waals surface area contributed by atoms with Crippen LogP contribution in [0.2, 0.25) is 0 Å². The third-order valence-electron chi connectivity index (χ3n) is 5.43. The number of amides is 1. The molecular weight excluding hydrogens is 463 g/mol. The summed E-state index contributed by atoms with van der Waals surface area (Å²) in [6.07, 6.45) is 3.39. The first-order chi connectivity index (χ1) is 15.9. The van der Waals surface area contributed by atoms with E-state index in [-0.39, 0.29) is 29.4 Å². The molecule has 0 radical (unpaired) electrons. The Labute approximate surface area is 199 Å². The number of aromatic nitrogens is 3. The Kier molecular flexibility index (Phi) is 7.34. The van der Waals surface area contributed by atoms with E-state index in [1.807, 2.05) is 11.8 Å². The van der Waals surface area contributed by atoms with Crippen LogP contribution in [-0.2, 0) is 9.53 Å². The number of piperidine rings is 1. The first kappa shape index (κ1) is 23.3. The molecule has 172 valence electrons. The monoisotopic (exact) mass is 486 g/mol. The van der Waals surface area contributed by atoms with E-state index in [0.29, 0.717) is 23.9 Å². The highest BCUT2D eigenvalue weighted by atomic mass is 32.2. The Morgan fingerprint density at radius 2 is 2.06 bits per heavy atom. The van der Waals surface area contributed by atoms with Gasteiger partial charge in [-0.05, 0) is 37.5 Å². The van der Waals surface area contributed by atoms with Crippen molar-refractivity contribution in [1.29, 1.82) is 0 Å². The van der Waals surface area contributed by atoms with Gasteiger partial charge in [0.15, 0.2) is 5.16 Å². The number of carbonyl (C=O) groups excluding carboxylic acids is 2. The number of methoxy groups -OCH3 is 1. The van der Waals surface area contributed by atoms with E-state index in [1.54, 1.807) is 23.7 Å². The minimum Gasteiger partial charge on any atom is -0.468 e. The average Bonchev–Trinajstić information content (AvgIpc) is 3.28. The van der Waals surface area contributed by atoms with E-state index in [4.69, 9.17) is 9.72 Å². The first-order valence-electron chi connectivity index (χ1n) is 10.5. The van der Waals surface area contributed by atoms with E-state index in [0.717, 1.165) is 34.7 Å². The lowest BCUT2D eigenvalue weighted by molar-refractivity contribution is -0.137. The summed E-state index contributed by atoms with van der Waals surface area (Å²) in [6, 6.07) is 6.20. The maximum atomic E-state index is 13.5. The molecule has 0 spiro atoms. The van der Waals surface area contributed by atoms with Crippen molar-refractivity contribution >= 4 is 35.0 Å². The Morgan fingerprint density at radius 3 is 2.76 bits per heavy atom. The van der Waals surface area contributed by atoms with Crippen LogP contribution >= 0.6 is 23.1 Å². The van der Waals surface area contributed by atoms with E-state index in [1.165, 1.54) is 42.3 Å². The van der Waals surface area contributed by atoms with Crippen molar-refractivity contribution in [2.45, 2.75) is 30.8 Å². The second-order valence-electron chi connectivity index (χ2n) is 7.67. The Balaban J connectivity index is 1.64. The maximum Gasteiger partial charge on any atom is 0.316 e. The third-order valence-corrected chi connectivity index (χ3v) is 7.04. The smallest absolute Gasteiger partial charge is 0.316 e. The summed E-state index contributed by atoms with van der Waals surface area (Å²) in [7, 11) is 1.34. The number of halogens is 1. The molecule has 1 fully saturated rings. The quantitative estimate of drug-likeness (QED) is 0.291. The Bertz CT molecular complexity index is 1150. The highest BCUT2D eigenvalue weighted by molar-refractivity contribution is 7.99. The van der Waals surface area contributed by atoms with Gasteiger partial charge in [-0.2, -0.15) is 0 Å². The first-order valence-corrected chi connectivity index (χ1v) is 12.3. The van der Waals surface area contributed by atoms with Gasteiger partial charge in [0.2, 0.25) is 0 Å². The fourth-order valence-corrected chi connectivity index (χ4v) is 5.04. The number of thioether (sulfide) groups is 1. The Morgan fingerprint density at radius 1 is 1.27 bits per heavy atom. The molecule has 0 N–H and O–H groups in total. The topological polar surface area (TPSA) is 85.3 Å². The minimum atomic E-state index is -0.360. The molecule has 1 amide bonds. The SMILES string of the molecule is COC(=O)CSc1ncc(-c2ccc(F)cc2)c(C2CCCN(C(=O)c3csc(C)n3)C2)n1. The van der Waals surface area contributed by atoms with E-state index < -0.39 is 0 Å². The van der Waals surface area contributed by atoms with Gasteiger partial charge in [-0.25, -0.2) is 19.3 Å².